The standard InChI is InChI=1S/C10H17NO9/c12-2-5-7(16)8(17)10(3-13,20-5)11-4(9(18)19)1-6(14)15/h4-5,7-8,11-13,16-17H,1-3H2,(H,14,15)(H,18,19)/t4-,5+,7+,8-,10?/m0/s1. The van der Waals surface area contributed by atoms with Crippen molar-refractivity contribution in [1.29, 1.82) is 0 Å². The average molecular weight is 295 g/mol. The van der Waals surface area contributed by atoms with Gasteiger partial charge < -0.3 is 35.4 Å². The SMILES string of the molecule is O=C(O)C[C@H](NC1(CO)O[C@H](CO)[C@@H](O)[C@@H]1O)C(=O)O. The second kappa shape index (κ2) is 6.43. The lowest BCUT2D eigenvalue weighted by molar-refractivity contribution is -0.162. The third kappa shape index (κ3) is 3.23. The number of nitrogens with one attached hydrogen (secondary N) is 1. The molecule has 20 heavy (non-hydrogen) atoms. The molecule has 10 heteroatoms. The number of aliphatic carboxylic acids is 2. The summed E-state index contributed by atoms with van der Waals surface area (Å²) in [4.78, 5) is 21.6. The van der Waals surface area contributed by atoms with Crippen LogP contribution in [0.15, 0.2) is 0 Å². The molecule has 0 saturated carbocycles. The van der Waals surface area contributed by atoms with E-state index in [2.05, 4.69) is 5.32 Å². The van der Waals surface area contributed by atoms with E-state index in [0.29, 0.717) is 0 Å². The molecule has 5 atom stereocenters. The fourth-order valence-electron chi connectivity index (χ4n) is 2.00. The zero-order valence-electron chi connectivity index (χ0n) is 10.3. The summed E-state index contributed by atoms with van der Waals surface area (Å²) in [6, 6.07) is -1.65. The highest BCUT2D eigenvalue weighted by molar-refractivity contribution is 5.80. The molecule has 1 rings (SSSR count). The number of aliphatic hydroxyl groups is 4. The van der Waals surface area contributed by atoms with Gasteiger partial charge in [0.25, 0.3) is 0 Å². The van der Waals surface area contributed by atoms with Crippen LogP contribution in [-0.2, 0) is 14.3 Å². The van der Waals surface area contributed by atoms with Gasteiger partial charge in [0.05, 0.1) is 19.6 Å². The van der Waals surface area contributed by atoms with Gasteiger partial charge in [0, 0.05) is 0 Å². The summed E-state index contributed by atoms with van der Waals surface area (Å²) in [6.07, 6.45) is -5.35. The monoisotopic (exact) mass is 295 g/mol. The summed E-state index contributed by atoms with van der Waals surface area (Å²) >= 11 is 0. The maximum atomic E-state index is 11.0. The molecule has 1 saturated heterocycles. The molecule has 1 heterocycles. The Balaban J connectivity index is 2.94. The lowest BCUT2D eigenvalue weighted by Crippen LogP contribution is -2.62. The third-order valence-corrected chi connectivity index (χ3v) is 3.05. The zero-order valence-corrected chi connectivity index (χ0v) is 10.3. The summed E-state index contributed by atoms with van der Waals surface area (Å²) in [7, 11) is 0. The van der Waals surface area contributed by atoms with Crippen LogP contribution in [0.1, 0.15) is 6.42 Å². The molecule has 0 bridgehead atoms. The van der Waals surface area contributed by atoms with Crippen molar-refractivity contribution < 1.29 is 45.0 Å². The third-order valence-electron chi connectivity index (χ3n) is 3.05. The Morgan fingerprint density at radius 1 is 1.25 bits per heavy atom. The van der Waals surface area contributed by atoms with Crippen LogP contribution in [0.4, 0.5) is 0 Å². The molecule has 1 unspecified atom stereocenters. The van der Waals surface area contributed by atoms with Crippen LogP contribution < -0.4 is 5.32 Å². The number of hydrogen-bond acceptors (Lipinski definition) is 8. The van der Waals surface area contributed by atoms with E-state index in [1.54, 1.807) is 0 Å². The van der Waals surface area contributed by atoms with Gasteiger partial charge in [-0.1, -0.05) is 0 Å². The summed E-state index contributed by atoms with van der Waals surface area (Å²) in [6.45, 7) is -1.59. The minimum Gasteiger partial charge on any atom is -0.481 e. The summed E-state index contributed by atoms with van der Waals surface area (Å²) in [5.74, 6) is -2.94. The first kappa shape index (κ1) is 16.8. The second-order valence-corrected chi connectivity index (χ2v) is 4.45. The minimum absolute atomic E-state index is 0.668. The normalized spacial score (nSPS) is 34.9. The number of carbonyl (C=O) groups is 2. The maximum Gasteiger partial charge on any atom is 0.321 e. The Kier molecular flexibility index (Phi) is 5.39. The average Bonchev–Trinajstić information content (AvgIpc) is 2.62. The van der Waals surface area contributed by atoms with E-state index in [4.69, 9.17) is 20.1 Å². The van der Waals surface area contributed by atoms with Gasteiger partial charge in [0.15, 0.2) is 5.72 Å². The van der Waals surface area contributed by atoms with Crippen molar-refractivity contribution in [2.24, 2.45) is 0 Å². The van der Waals surface area contributed by atoms with E-state index in [-0.39, 0.29) is 0 Å². The Hall–Kier alpha value is -1.30. The first-order valence-electron chi connectivity index (χ1n) is 5.75. The molecule has 0 spiro atoms. The Labute approximate surface area is 113 Å². The molecule has 10 nitrogen and oxygen atoms in total. The molecular formula is C10H17NO9. The summed E-state index contributed by atoms with van der Waals surface area (Å²) in [5, 5.41) is 57.4. The second-order valence-electron chi connectivity index (χ2n) is 4.45. The topological polar surface area (TPSA) is 177 Å². The largest absolute Gasteiger partial charge is 0.481 e. The van der Waals surface area contributed by atoms with E-state index in [1.165, 1.54) is 0 Å². The molecule has 0 aliphatic carbocycles. The van der Waals surface area contributed by atoms with Gasteiger partial charge in [-0.05, 0) is 0 Å². The molecule has 0 aromatic rings. The molecule has 0 amide bonds. The minimum atomic E-state index is -2.06. The Morgan fingerprint density at radius 2 is 1.85 bits per heavy atom. The number of ether oxygens (including phenoxy) is 1. The van der Waals surface area contributed by atoms with E-state index in [0.717, 1.165) is 0 Å². The van der Waals surface area contributed by atoms with Crippen molar-refractivity contribution in [2.75, 3.05) is 13.2 Å². The zero-order chi connectivity index (χ0) is 15.5. The van der Waals surface area contributed by atoms with Crippen molar-refractivity contribution in [3.63, 3.8) is 0 Å². The molecule has 0 radical (unpaired) electrons. The Bertz CT molecular complexity index is 376. The Morgan fingerprint density at radius 3 is 2.20 bits per heavy atom. The van der Waals surface area contributed by atoms with Crippen molar-refractivity contribution in [3.05, 3.63) is 0 Å². The van der Waals surface area contributed by atoms with Gasteiger partial charge >= 0.3 is 11.9 Å². The van der Waals surface area contributed by atoms with Crippen LogP contribution in [0, 0.1) is 0 Å². The summed E-state index contributed by atoms with van der Waals surface area (Å²) < 4.78 is 5.07. The highest BCUT2D eigenvalue weighted by Crippen LogP contribution is 2.29. The smallest absolute Gasteiger partial charge is 0.321 e. The van der Waals surface area contributed by atoms with Crippen LogP contribution >= 0.6 is 0 Å². The molecule has 1 aliphatic heterocycles. The number of aliphatic hydroxyl groups excluding tert-OH is 4. The van der Waals surface area contributed by atoms with Gasteiger partial charge in [-0.15, -0.1) is 0 Å². The lowest BCUT2D eigenvalue weighted by atomic mass is 10.0. The summed E-state index contributed by atoms with van der Waals surface area (Å²) in [5.41, 5.74) is -2.06. The van der Waals surface area contributed by atoms with Crippen molar-refractivity contribution in [2.45, 2.75) is 36.5 Å². The van der Waals surface area contributed by atoms with Gasteiger partial charge in [-0.3, -0.25) is 14.9 Å². The van der Waals surface area contributed by atoms with E-state index in [9.17, 15) is 24.9 Å². The highest BCUT2D eigenvalue weighted by atomic mass is 16.6. The number of carboxylic acid groups (broad SMARTS) is 2. The lowest BCUT2D eigenvalue weighted by Gasteiger charge is -2.33. The van der Waals surface area contributed by atoms with E-state index in [1.807, 2.05) is 0 Å². The quantitative estimate of drug-likeness (QED) is 0.247. The van der Waals surface area contributed by atoms with Crippen LogP contribution in [-0.4, -0.2) is 85.9 Å². The highest BCUT2D eigenvalue weighted by Gasteiger charge is 2.55. The first-order valence-corrected chi connectivity index (χ1v) is 5.75. The van der Waals surface area contributed by atoms with Crippen LogP contribution in [0.25, 0.3) is 0 Å². The first-order chi connectivity index (χ1) is 9.27. The molecular weight excluding hydrogens is 278 g/mol. The molecule has 116 valence electrons. The van der Waals surface area contributed by atoms with Crippen molar-refractivity contribution in [1.82, 2.24) is 5.32 Å². The number of rotatable bonds is 7. The van der Waals surface area contributed by atoms with Crippen LogP contribution in [0.3, 0.4) is 0 Å². The van der Waals surface area contributed by atoms with E-state index >= 15 is 0 Å². The van der Waals surface area contributed by atoms with Gasteiger partial charge in [0.2, 0.25) is 0 Å². The van der Waals surface area contributed by atoms with Crippen molar-refractivity contribution in [3.8, 4) is 0 Å². The van der Waals surface area contributed by atoms with Gasteiger partial charge in [-0.2, -0.15) is 0 Å². The van der Waals surface area contributed by atoms with Crippen LogP contribution in [0.2, 0.25) is 0 Å². The molecule has 0 aromatic heterocycles. The number of hydrogen-bond donors (Lipinski definition) is 7. The maximum absolute atomic E-state index is 11.0. The molecule has 1 fully saturated rings. The van der Waals surface area contributed by atoms with Crippen LogP contribution in [0.5, 0.6) is 0 Å². The fraction of sp³-hybridized carbons (Fsp3) is 0.800. The number of carboxylic acids is 2. The molecule has 7 N–H and O–H groups in total. The van der Waals surface area contributed by atoms with Gasteiger partial charge in [0.1, 0.15) is 24.4 Å². The molecule has 1 aliphatic rings. The van der Waals surface area contributed by atoms with E-state index < -0.39 is 61.7 Å². The van der Waals surface area contributed by atoms with Crippen molar-refractivity contribution >= 4 is 11.9 Å². The predicted octanol–water partition coefficient (Wildman–Crippen LogP) is -3.69. The molecule has 0 aromatic carbocycles. The fourth-order valence-corrected chi connectivity index (χ4v) is 2.00. The predicted molar refractivity (Wildman–Crippen MR) is 60.6 cm³/mol. The van der Waals surface area contributed by atoms with Gasteiger partial charge in [-0.25, -0.2) is 0 Å².